The fraction of sp³-hybridized carbons (Fsp3) is 0.333. The van der Waals surface area contributed by atoms with Gasteiger partial charge in [-0.2, -0.15) is 0 Å². The number of carbonyl (C=O) groups excluding carboxylic acids is 1. The van der Waals surface area contributed by atoms with E-state index in [0.29, 0.717) is 25.2 Å². The molecule has 0 N–H and O–H groups in total. The molecule has 1 aliphatic heterocycles. The molecule has 0 aliphatic carbocycles. The van der Waals surface area contributed by atoms with Gasteiger partial charge in [-0.3, -0.25) is 4.79 Å². The molecule has 1 amide bonds. The first-order valence-electron chi connectivity index (χ1n) is 10.8. The van der Waals surface area contributed by atoms with E-state index in [1.807, 2.05) is 38.4 Å². The molecular formula is C24H24N4O4. The van der Waals surface area contributed by atoms with Crippen LogP contribution in [0.1, 0.15) is 52.0 Å². The van der Waals surface area contributed by atoms with Crippen LogP contribution in [0.15, 0.2) is 56.5 Å². The zero-order valence-corrected chi connectivity index (χ0v) is 18.1. The molecular weight excluding hydrogens is 408 g/mol. The lowest BCUT2D eigenvalue weighted by Gasteiger charge is -2.31. The lowest BCUT2D eigenvalue weighted by Crippen LogP contribution is -2.40. The van der Waals surface area contributed by atoms with E-state index in [2.05, 4.69) is 14.7 Å². The van der Waals surface area contributed by atoms with Gasteiger partial charge in [0.1, 0.15) is 22.7 Å². The quantitative estimate of drug-likeness (QED) is 0.457. The van der Waals surface area contributed by atoms with Crippen LogP contribution < -0.4 is 5.63 Å². The molecule has 8 nitrogen and oxygen atoms in total. The smallest absolute Gasteiger partial charge is 0.349 e. The van der Waals surface area contributed by atoms with Gasteiger partial charge in [0.15, 0.2) is 0 Å². The number of aromatic nitrogens is 3. The molecule has 4 heterocycles. The highest BCUT2D eigenvalue weighted by atomic mass is 16.5. The predicted octanol–water partition coefficient (Wildman–Crippen LogP) is 3.66. The van der Waals surface area contributed by atoms with Crippen molar-refractivity contribution < 1.29 is 13.7 Å². The van der Waals surface area contributed by atoms with E-state index in [4.69, 9.17) is 8.94 Å². The number of imidazole rings is 1. The number of benzene rings is 1. The normalized spacial score (nSPS) is 14.9. The Hall–Kier alpha value is -3.68. The second-order valence-corrected chi connectivity index (χ2v) is 8.27. The maximum absolute atomic E-state index is 13.0. The lowest BCUT2D eigenvalue weighted by molar-refractivity contribution is 0.0706. The van der Waals surface area contributed by atoms with Gasteiger partial charge in [0.05, 0.1) is 12.2 Å². The van der Waals surface area contributed by atoms with Crippen molar-refractivity contribution in [3.8, 4) is 0 Å². The van der Waals surface area contributed by atoms with Gasteiger partial charge in [-0.15, -0.1) is 0 Å². The molecule has 1 aromatic carbocycles. The number of likely N-dealkylation sites (tertiary alicyclic amines) is 1. The SMILES string of the molecule is Cc1noc(C)c1Cn1ccnc1C1CCN(C(=O)c2cc3ccccc3oc2=O)CC1. The van der Waals surface area contributed by atoms with Crippen molar-refractivity contribution in [3.63, 3.8) is 0 Å². The van der Waals surface area contributed by atoms with E-state index in [-0.39, 0.29) is 17.4 Å². The minimum absolute atomic E-state index is 0.0852. The molecule has 164 valence electrons. The Balaban J connectivity index is 1.30. The summed E-state index contributed by atoms with van der Waals surface area (Å²) in [6, 6.07) is 8.84. The Labute approximate surface area is 184 Å². The lowest BCUT2D eigenvalue weighted by atomic mass is 9.95. The van der Waals surface area contributed by atoms with Gasteiger partial charge in [0.2, 0.25) is 0 Å². The van der Waals surface area contributed by atoms with E-state index < -0.39 is 5.63 Å². The van der Waals surface area contributed by atoms with Crippen LogP contribution in [0.5, 0.6) is 0 Å². The summed E-state index contributed by atoms with van der Waals surface area (Å²) in [5.74, 6) is 1.78. The van der Waals surface area contributed by atoms with Crippen molar-refractivity contribution >= 4 is 16.9 Å². The highest BCUT2D eigenvalue weighted by molar-refractivity contribution is 5.96. The summed E-state index contributed by atoms with van der Waals surface area (Å²) < 4.78 is 12.8. The van der Waals surface area contributed by atoms with Crippen molar-refractivity contribution in [2.24, 2.45) is 0 Å². The maximum atomic E-state index is 13.0. The number of hydrogen-bond donors (Lipinski definition) is 0. The molecule has 4 aromatic rings. The Morgan fingerprint density at radius 3 is 2.72 bits per heavy atom. The first kappa shape index (κ1) is 20.2. The number of rotatable bonds is 4. The Bertz CT molecular complexity index is 1320. The highest BCUT2D eigenvalue weighted by Crippen LogP contribution is 2.28. The summed E-state index contributed by atoms with van der Waals surface area (Å²) in [6.07, 6.45) is 5.34. The molecule has 1 aliphatic rings. The minimum Gasteiger partial charge on any atom is -0.422 e. The number of carbonyl (C=O) groups is 1. The average Bonchev–Trinajstić information content (AvgIpc) is 3.40. The van der Waals surface area contributed by atoms with Crippen molar-refractivity contribution in [1.29, 1.82) is 0 Å². The van der Waals surface area contributed by atoms with Crippen LogP contribution in [0.25, 0.3) is 11.0 Å². The molecule has 0 unspecified atom stereocenters. The molecule has 0 bridgehead atoms. The third kappa shape index (κ3) is 3.62. The van der Waals surface area contributed by atoms with Crippen molar-refractivity contribution in [3.05, 3.63) is 81.6 Å². The summed E-state index contributed by atoms with van der Waals surface area (Å²) in [5.41, 5.74) is 1.93. The van der Waals surface area contributed by atoms with Gasteiger partial charge in [-0.05, 0) is 38.8 Å². The monoisotopic (exact) mass is 432 g/mol. The number of piperidine rings is 1. The molecule has 0 saturated carbocycles. The minimum atomic E-state index is -0.592. The van der Waals surface area contributed by atoms with Crippen LogP contribution in [0.4, 0.5) is 0 Å². The third-order valence-corrected chi connectivity index (χ3v) is 6.28. The first-order chi connectivity index (χ1) is 15.5. The predicted molar refractivity (Wildman–Crippen MR) is 118 cm³/mol. The topological polar surface area (TPSA) is 94.4 Å². The second kappa shape index (κ2) is 8.11. The van der Waals surface area contributed by atoms with Gasteiger partial charge in [-0.25, -0.2) is 9.78 Å². The van der Waals surface area contributed by atoms with E-state index in [9.17, 15) is 9.59 Å². The molecule has 8 heteroatoms. The van der Waals surface area contributed by atoms with Gasteiger partial charge in [0.25, 0.3) is 5.91 Å². The zero-order valence-electron chi connectivity index (χ0n) is 18.1. The van der Waals surface area contributed by atoms with Crippen LogP contribution >= 0.6 is 0 Å². The summed E-state index contributed by atoms with van der Waals surface area (Å²) in [7, 11) is 0. The van der Waals surface area contributed by atoms with Crippen LogP contribution in [-0.4, -0.2) is 38.6 Å². The Morgan fingerprint density at radius 1 is 1.19 bits per heavy atom. The van der Waals surface area contributed by atoms with Crippen molar-refractivity contribution in [2.75, 3.05) is 13.1 Å². The molecule has 0 atom stereocenters. The number of amides is 1. The molecule has 1 fully saturated rings. The van der Waals surface area contributed by atoms with Crippen molar-refractivity contribution in [1.82, 2.24) is 19.6 Å². The molecule has 1 saturated heterocycles. The summed E-state index contributed by atoms with van der Waals surface area (Å²) >= 11 is 0. The Morgan fingerprint density at radius 2 is 1.97 bits per heavy atom. The van der Waals surface area contributed by atoms with Gasteiger partial charge in [0, 0.05) is 42.4 Å². The standard InChI is InChI=1S/C24H24N4O4/c1-15-20(16(2)32-26-15)14-28-12-9-25-22(28)17-7-10-27(11-8-17)23(29)19-13-18-5-3-4-6-21(18)31-24(19)30/h3-6,9,12-13,17H,7-8,10-11,14H2,1-2H3. The molecule has 0 spiro atoms. The maximum Gasteiger partial charge on any atom is 0.349 e. The van der Waals surface area contributed by atoms with Crippen LogP contribution in [0, 0.1) is 13.8 Å². The molecule has 3 aromatic heterocycles. The van der Waals surface area contributed by atoms with E-state index in [1.165, 1.54) is 0 Å². The number of para-hydroxylation sites is 1. The van der Waals surface area contributed by atoms with Gasteiger partial charge in [-0.1, -0.05) is 23.4 Å². The number of aryl methyl sites for hydroxylation is 2. The van der Waals surface area contributed by atoms with Crippen LogP contribution in [-0.2, 0) is 6.54 Å². The molecule has 32 heavy (non-hydrogen) atoms. The average molecular weight is 432 g/mol. The first-order valence-corrected chi connectivity index (χ1v) is 10.8. The van der Waals surface area contributed by atoms with Gasteiger partial charge < -0.3 is 18.4 Å². The van der Waals surface area contributed by atoms with E-state index in [1.54, 1.807) is 23.1 Å². The molecule has 0 radical (unpaired) electrons. The second-order valence-electron chi connectivity index (χ2n) is 8.27. The number of fused-ring (bicyclic) bond motifs is 1. The van der Waals surface area contributed by atoms with Crippen LogP contribution in [0.3, 0.4) is 0 Å². The highest BCUT2D eigenvalue weighted by Gasteiger charge is 2.29. The van der Waals surface area contributed by atoms with Crippen LogP contribution in [0.2, 0.25) is 0 Å². The number of nitrogens with zero attached hydrogens (tertiary/aromatic N) is 4. The van der Waals surface area contributed by atoms with Crippen molar-refractivity contribution in [2.45, 2.75) is 39.2 Å². The van der Waals surface area contributed by atoms with Gasteiger partial charge >= 0.3 is 5.63 Å². The number of hydrogen-bond acceptors (Lipinski definition) is 6. The molecule has 5 rings (SSSR count). The summed E-state index contributed by atoms with van der Waals surface area (Å²) in [5, 5.41) is 4.78. The fourth-order valence-electron chi connectivity index (χ4n) is 4.43. The summed E-state index contributed by atoms with van der Waals surface area (Å²) in [4.78, 5) is 31.8. The summed E-state index contributed by atoms with van der Waals surface area (Å²) in [6.45, 7) is 5.64. The van der Waals surface area contributed by atoms with E-state index in [0.717, 1.165) is 41.1 Å². The largest absolute Gasteiger partial charge is 0.422 e. The third-order valence-electron chi connectivity index (χ3n) is 6.28. The zero-order chi connectivity index (χ0) is 22.2. The Kier molecular flexibility index (Phi) is 5.13. The fourth-order valence-corrected chi connectivity index (χ4v) is 4.43. The van der Waals surface area contributed by atoms with E-state index >= 15 is 0 Å².